The molecule has 2 aromatic carbocycles. The molecule has 0 saturated heterocycles. The van der Waals surface area contributed by atoms with Gasteiger partial charge in [-0.1, -0.05) is 448 Å². The van der Waals surface area contributed by atoms with Crippen molar-refractivity contribution in [2.45, 2.75) is 500 Å². The summed E-state index contributed by atoms with van der Waals surface area (Å²) in [6.07, 6.45) is 107. The summed E-state index contributed by atoms with van der Waals surface area (Å²) in [6, 6.07) is 7.29. The van der Waals surface area contributed by atoms with Gasteiger partial charge in [-0.2, -0.15) is 0 Å². The van der Waals surface area contributed by atoms with Crippen LogP contribution in [-0.4, -0.2) is 114 Å². The van der Waals surface area contributed by atoms with Crippen molar-refractivity contribution in [1.82, 2.24) is 0 Å². The Balaban J connectivity index is 0.00000236. The molecule has 0 aliphatic carbocycles. The summed E-state index contributed by atoms with van der Waals surface area (Å²) >= 11 is 0. The first-order chi connectivity index (χ1) is 58.6. The molecule has 0 saturated carbocycles. The van der Waals surface area contributed by atoms with Gasteiger partial charge in [0.15, 0.2) is 0 Å². The number of hydrogen-bond acceptors (Lipinski definition) is 14. The zero-order valence-corrected chi connectivity index (χ0v) is 81.9. The second-order valence-electron chi connectivity index (χ2n) is 34.2. The average Bonchev–Trinajstić information content (AvgIpc) is 0.796. The van der Waals surface area contributed by atoms with E-state index in [1.807, 2.05) is 0 Å². The van der Waals surface area contributed by atoms with E-state index in [0.29, 0.717) is 25.7 Å². The van der Waals surface area contributed by atoms with Crippen LogP contribution in [-0.2, 0) is 39.2 Å². The van der Waals surface area contributed by atoms with Gasteiger partial charge in [0.05, 0.1) is 58.5 Å². The van der Waals surface area contributed by atoms with Crippen molar-refractivity contribution in [2.75, 3.05) is 26.4 Å². The van der Waals surface area contributed by atoms with E-state index in [1.54, 1.807) is 0 Å². The third kappa shape index (κ3) is 73.0. The SMILES string of the molecule is CCC/C=C/CCCCCCCCCCCCCCCCCOC(=O)c1cccc(S(=O)(=O)[O-])c1C(=O)OCCCCCCCCCCCCCCCCC/C=C/CCC.CCC/C=C/CCCCCCCCCCCCCCCCCOC(=O)c1cccc(S(=O)(=O)[O-])c1C(=O)OCCCCCCCCCCCCCCCCC/C=C/CCC.[Ca+2]. The molecule has 0 spiro atoms. The van der Waals surface area contributed by atoms with Gasteiger partial charge in [0.1, 0.15) is 20.2 Å². The molecular formula is C104H178CaO14S2. The third-order valence-electron chi connectivity index (χ3n) is 22.9. The predicted molar refractivity (Wildman–Crippen MR) is 507 cm³/mol. The van der Waals surface area contributed by atoms with Crippen molar-refractivity contribution in [3.63, 3.8) is 0 Å². The van der Waals surface area contributed by atoms with Gasteiger partial charge in [0.2, 0.25) is 0 Å². The summed E-state index contributed by atoms with van der Waals surface area (Å²) in [7, 11) is -10.0. The molecule has 0 atom stereocenters. The molecule has 0 aromatic heterocycles. The second-order valence-corrected chi connectivity index (χ2v) is 36.9. The van der Waals surface area contributed by atoms with Gasteiger partial charge < -0.3 is 28.1 Å². The Morgan fingerprint density at radius 1 is 0.231 bits per heavy atom. The van der Waals surface area contributed by atoms with Crippen molar-refractivity contribution in [3.8, 4) is 0 Å². The van der Waals surface area contributed by atoms with Crippen LogP contribution in [0, 0.1) is 0 Å². The zero-order chi connectivity index (χ0) is 87.2. The van der Waals surface area contributed by atoms with Crippen molar-refractivity contribution in [2.24, 2.45) is 0 Å². The van der Waals surface area contributed by atoms with E-state index < -0.39 is 65.0 Å². The molecule has 0 heterocycles. The maximum Gasteiger partial charge on any atom is 2.00 e. The van der Waals surface area contributed by atoms with Crippen molar-refractivity contribution in [3.05, 3.63) is 107 Å². The monoisotopic (exact) mass is 1760 g/mol. The largest absolute Gasteiger partial charge is 2.00 e. The molecule has 692 valence electrons. The van der Waals surface area contributed by atoms with Gasteiger partial charge in [-0.25, -0.2) is 36.0 Å². The van der Waals surface area contributed by atoms with Gasteiger partial charge in [0, 0.05) is 0 Å². The first-order valence-electron chi connectivity index (χ1n) is 50.1. The van der Waals surface area contributed by atoms with Gasteiger partial charge >= 0.3 is 61.6 Å². The molecule has 17 heteroatoms. The van der Waals surface area contributed by atoms with E-state index in [4.69, 9.17) is 18.9 Å². The smallest absolute Gasteiger partial charge is 0.744 e. The molecule has 0 aliphatic heterocycles. The first kappa shape index (κ1) is 117. The number of ether oxygens (including phenoxy) is 4. The number of allylic oxidation sites excluding steroid dienone is 8. The summed E-state index contributed by atoms with van der Waals surface area (Å²) in [5, 5.41) is 0. The number of carbonyl (C=O) groups is 4. The van der Waals surface area contributed by atoms with Crippen LogP contribution in [0.2, 0.25) is 0 Å². The van der Waals surface area contributed by atoms with Gasteiger partial charge in [-0.15, -0.1) is 0 Å². The molecule has 0 unspecified atom stereocenters. The minimum atomic E-state index is -5.02. The number of rotatable bonds is 86. The zero-order valence-electron chi connectivity index (χ0n) is 78.1. The average molecular weight is 1760 g/mol. The Bertz CT molecular complexity index is 2880. The number of hydrogen-bond donors (Lipinski definition) is 0. The Labute approximate surface area is 773 Å². The van der Waals surface area contributed by atoms with Gasteiger partial charge in [-0.05, 0) is 127 Å². The summed E-state index contributed by atoms with van der Waals surface area (Å²) < 4.78 is 93.8. The van der Waals surface area contributed by atoms with Crippen LogP contribution in [0.3, 0.4) is 0 Å². The second kappa shape index (κ2) is 88.4. The standard InChI is InChI=1S/2C52H90O7S.Ca/c2*1-3-5-7-9-11-13-15-17-19-21-23-25-27-29-31-33-35-37-39-41-46-58-51(53)48-44-43-45-49(60(55,56)57)50(48)52(54)59-47-42-40-38-36-34-32-30-28-26-24-22-20-18-16-14-12-10-8-6-4-2;/h2*7-10,43-45H,3-6,11-42,46-47H2,1-2H3,(H,55,56,57);/q;;+2/p-2/b2*9-7+,10-8+;. The van der Waals surface area contributed by atoms with Crippen molar-refractivity contribution >= 4 is 81.9 Å². The van der Waals surface area contributed by atoms with E-state index in [0.717, 1.165) is 89.2 Å². The maximum atomic E-state index is 13.1. The fraction of sp³-hybridized carbons (Fsp3) is 0.769. The number of benzene rings is 2. The minimum Gasteiger partial charge on any atom is -0.744 e. The van der Waals surface area contributed by atoms with Crippen LogP contribution in [0.15, 0.2) is 94.8 Å². The van der Waals surface area contributed by atoms with E-state index in [9.17, 15) is 45.1 Å². The molecule has 2 rings (SSSR count). The van der Waals surface area contributed by atoms with Gasteiger partial charge in [0.25, 0.3) is 0 Å². The first-order valence-corrected chi connectivity index (χ1v) is 52.9. The van der Waals surface area contributed by atoms with Crippen LogP contribution in [0.1, 0.15) is 531 Å². The molecular weight excluding hydrogens is 1580 g/mol. The summed E-state index contributed by atoms with van der Waals surface area (Å²) in [5.74, 6) is -3.60. The minimum absolute atomic E-state index is 0. The number of unbranched alkanes of at least 4 members (excludes halogenated alkanes) is 64. The topological polar surface area (TPSA) is 220 Å². The van der Waals surface area contributed by atoms with Crippen molar-refractivity contribution < 1.29 is 64.1 Å². The molecule has 0 N–H and O–H groups in total. The number of esters is 4. The Morgan fingerprint density at radius 3 is 0.545 bits per heavy atom. The Hall–Kier alpha value is -3.64. The van der Waals surface area contributed by atoms with E-state index >= 15 is 0 Å². The van der Waals surface area contributed by atoms with E-state index in [1.165, 1.54) is 384 Å². The summed E-state index contributed by atoms with van der Waals surface area (Å²) in [5.41, 5.74) is -1.54. The quantitative estimate of drug-likeness (QED) is 0.0150. The normalized spacial score (nSPS) is 11.8. The van der Waals surface area contributed by atoms with Crippen LogP contribution in [0.25, 0.3) is 0 Å². The Kier molecular flexibility index (Phi) is 85.7. The van der Waals surface area contributed by atoms with Crippen LogP contribution >= 0.6 is 0 Å². The molecule has 121 heavy (non-hydrogen) atoms. The van der Waals surface area contributed by atoms with Crippen molar-refractivity contribution in [1.29, 1.82) is 0 Å². The third-order valence-corrected chi connectivity index (χ3v) is 24.7. The molecule has 0 amide bonds. The maximum absolute atomic E-state index is 13.1. The predicted octanol–water partition coefficient (Wildman–Crippen LogP) is 31.8. The van der Waals surface area contributed by atoms with E-state index in [2.05, 4.69) is 76.3 Å². The Morgan fingerprint density at radius 2 is 0.380 bits per heavy atom. The molecule has 2 aromatic rings. The fourth-order valence-electron chi connectivity index (χ4n) is 15.5. The van der Waals surface area contributed by atoms with Gasteiger partial charge in [-0.3, -0.25) is 0 Å². The fourth-order valence-corrected chi connectivity index (χ4v) is 16.8. The van der Waals surface area contributed by atoms with E-state index in [-0.39, 0.29) is 75.3 Å². The number of carbonyl (C=O) groups excluding carboxylic acids is 4. The molecule has 0 aliphatic rings. The summed E-state index contributed by atoms with van der Waals surface area (Å²) in [6.45, 7) is 9.40. The van der Waals surface area contributed by atoms with Crippen LogP contribution in [0.4, 0.5) is 0 Å². The molecule has 0 radical (unpaired) electrons. The summed E-state index contributed by atoms with van der Waals surface area (Å²) in [4.78, 5) is 50.6. The van der Waals surface area contributed by atoms with Crippen LogP contribution < -0.4 is 0 Å². The van der Waals surface area contributed by atoms with Crippen LogP contribution in [0.5, 0.6) is 0 Å². The molecule has 0 fully saturated rings. The molecule has 0 bridgehead atoms. The molecule has 14 nitrogen and oxygen atoms in total.